The third kappa shape index (κ3) is 5.28. The molecule has 6 heteroatoms. The summed E-state index contributed by atoms with van der Waals surface area (Å²) in [5.41, 5.74) is 2.73. The summed E-state index contributed by atoms with van der Waals surface area (Å²) in [6.07, 6.45) is 0.144. The van der Waals surface area contributed by atoms with Crippen LogP contribution in [0.25, 0.3) is 0 Å². The number of ether oxygens (including phenoxy) is 2. The molecule has 1 aliphatic heterocycles. The van der Waals surface area contributed by atoms with Gasteiger partial charge in [0.1, 0.15) is 12.4 Å². The highest BCUT2D eigenvalue weighted by Crippen LogP contribution is 2.27. The molecule has 6 nitrogen and oxygen atoms in total. The van der Waals surface area contributed by atoms with Crippen LogP contribution in [-0.4, -0.2) is 43.2 Å². The third-order valence-corrected chi connectivity index (χ3v) is 4.86. The Labute approximate surface area is 171 Å². The molecule has 0 radical (unpaired) electrons. The molecule has 1 fully saturated rings. The van der Waals surface area contributed by atoms with Crippen molar-refractivity contribution in [2.75, 3.05) is 25.6 Å². The van der Waals surface area contributed by atoms with Gasteiger partial charge in [0, 0.05) is 6.54 Å². The van der Waals surface area contributed by atoms with E-state index >= 15 is 0 Å². The summed E-state index contributed by atoms with van der Waals surface area (Å²) in [7, 11) is 1.62. The maximum atomic E-state index is 12.9. The Balaban J connectivity index is 1.72. The number of rotatable bonds is 8. The summed E-state index contributed by atoms with van der Waals surface area (Å²) in [6.45, 7) is 5.27. The number of amides is 2. The van der Waals surface area contributed by atoms with E-state index in [1.807, 2.05) is 48.5 Å². The van der Waals surface area contributed by atoms with Gasteiger partial charge in [-0.15, -0.1) is 0 Å². The van der Waals surface area contributed by atoms with E-state index < -0.39 is 6.09 Å². The van der Waals surface area contributed by atoms with Crippen molar-refractivity contribution in [3.8, 4) is 5.75 Å². The number of carbonyl (C=O) groups is 2. The molecule has 1 aliphatic rings. The van der Waals surface area contributed by atoms with E-state index in [4.69, 9.17) is 9.47 Å². The summed E-state index contributed by atoms with van der Waals surface area (Å²) in [4.78, 5) is 26.4. The van der Waals surface area contributed by atoms with E-state index in [2.05, 4.69) is 19.2 Å². The average molecular weight is 396 g/mol. The number of imide groups is 1. The van der Waals surface area contributed by atoms with E-state index in [1.165, 1.54) is 4.90 Å². The van der Waals surface area contributed by atoms with Gasteiger partial charge in [-0.2, -0.15) is 0 Å². The van der Waals surface area contributed by atoms with Crippen molar-refractivity contribution < 1.29 is 19.1 Å². The van der Waals surface area contributed by atoms with Crippen LogP contribution in [0.1, 0.15) is 25.0 Å². The SMILES string of the molecule is COc1ccc(CC(=O)N2C(=O)OC[C@@H]2Cc2ccccc2)cc1NCC(C)C. The molecule has 0 aliphatic carbocycles. The number of hydrogen-bond donors (Lipinski definition) is 1. The fourth-order valence-electron chi connectivity index (χ4n) is 3.38. The predicted octanol–water partition coefficient (Wildman–Crippen LogP) is 3.90. The van der Waals surface area contributed by atoms with Crippen LogP contribution in [0.5, 0.6) is 5.75 Å². The number of methoxy groups -OCH3 is 1. The Morgan fingerprint density at radius 3 is 2.66 bits per heavy atom. The smallest absolute Gasteiger partial charge is 0.416 e. The summed E-state index contributed by atoms with van der Waals surface area (Å²) >= 11 is 0. The minimum atomic E-state index is -0.567. The first-order chi connectivity index (χ1) is 14.0. The monoisotopic (exact) mass is 396 g/mol. The maximum Gasteiger partial charge on any atom is 0.416 e. The summed E-state index contributed by atoms with van der Waals surface area (Å²) in [5, 5.41) is 3.36. The molecule has 0 saturated carbocycles. The number of hydrogen-bond acceptors (Lipinski definition) is 5. The lowest BCUT2D eigenvalue weighted by Crippen LogP contribution is -2.41. The Kier molecular flexibility index (Phi) is 6.75. The van der Waals surface area contributed by atoms with Crippen molar-refractivity contribution >= 4 is 17.7 Å². The van der Waals surface area contributed by atoms with Crippen molar-refractivity contribution in [3.63, 3.8) is 0 Å². The number of anilines is 1. The first-order valence-electron chi connectivity index (χ1n) is 9.91. The Morgan fingerprint density at radius 2 is 1.97 bits per heavy atom. The minimum absolute atomic E-state index is 0.126. The average Bonchev–Trinajstić information content (AvgIpc) is 3.07. The van der Waals surface area contributed by atoms with Gasteiger partial charge in [0.05, 0.1) is 25.3 Å². The molecule has 0 spiro atoms. The van der Waals surface area contributed by atoms with E-state index in [9.17, 15) is 9.59 Å². The molecular formula is C23H28N2O4. The highest BCUT2D eigenvalue weighted by atomic mass is 16.6. The van der Waals surface area contributed by atoms with Crippen LogP contribution in [0.3, 0.4) is 0 Å². The Hall–Kier alpha value is -3.02. The van der Waals surface area contributed by atoms with E-state index in [0.29, 0.717) is 12.3 Å². The molecule has 2 aromatic carbocycles. The van der Waals surface area contributed by atoms with E-state index in [-0.39, 0.29) is 25.0 Å². The molecule has 0 aromatic heterocycles. The molecule has 1 heterocycles. The topological polar surface area (TPSA) is 67.9 Å². The lowest BCUT2D eigenvalue weighted by molar-refractivity contribution is -0.128. The summed E-state index contributed by atoms with van der Waals surface area (Å²) in [6, 6.07) is 15.1. The zero-order valence-corrected chi connectivity index (χ0v) is 17.2. The molecule has 1 N–H and O–H groups in total. The third-order valence-electron chi connectivity index (χ3n) is 4.86. The molecule has 0 unspecified atom stereocenters. The molecule has 2 amide bonds. The standard InChI is InChI=1S/C23H28N2O4/c1-16(2)14-24-20-12-18(9-10-21(20)28-3)13-22(26)25-19(15-29-23(25)27)11-17-7-5-4-6-8-17/h4-10,12,16,19,24H,11,13-15H2,1-3H3/t19-/m0/s1. The van der Waals surface area contributed by atoms with Crippen LogP contribution in [-0.2, 0) is 22.4 Å². The fourth-order valence-corrected chi connectivity index (χ4v) is 3.38. The van der Waals surface area contributed by atoms with Crippen molar-refractivity contribution in [3.05, 3.63) is 59.7 Å². The minimum Gasteiger partial charge on any atom is -0.495 e. The van der Waals surface area contributed by atoms with Crippen molar-refractivity contribution in [2.45, 2.75) is 32.7 Å². The van der Waals surface area contributed by atoms with Gasteiger partial charge in [-0.05, 0) is 35.6 Å². The largest absolute Gasteiger partial charge is 0.495 e. The van der Waals surface area contributed by atoms with Crippen LogP contribution >= 0.6 is 0 Å². The lowest BCUT2D eigenvalue weighted by Gasteiger charge is -2.20. The van der Waals surface area contributed by atoms with Crippen LogP contribution in [0, 0.1) is 5.92 Å². The van der Waals surface area contributed by atoms with Crippen LogP contribution in [0.15, 0.2) is 48.5 Å². The summed E-state index contributed by atoms with van der Waals surface area (Å²) in [5.74, 6) is 0.945. The van der Waals surface area contributed by atoms with Crippen molar-refractivity contribution in [1.82, 2.24) is 4.90 Å². The van der Waals surface area contributed by atoms with Gasteiger partial charge < -0.3 is 14.8 Å². The second kappa shape index (κ2) is 9.45. The normalized spacial score (nSPS) is 16.1. The van der Waals surface area contributed by atoms with Gasteiger partial charge in [0.15, 0.2) is 0 Å². The van der Waals surface area contributed by atoms with E-state index in [0.717, 1.165) is 29.1 Å². The molecular weight excluding hydrogens is 368 g/mol. The molecule has 3 rings (SSSR count). The second-order valence-electron chi connectivity index (χ2n) is 7.67. The molecule has 0 bridgehead atoms. The lowest BCUT2D eigenvalue weighted by atomic mass is 10.0. The van der Waals surface area contributed by atoms with Gasteiger partial charge in [-0.25, -0.2) is 9.69 Å². The number of carbonyl (C=O) groups excluding carboxylic acids is 2. The molecule has 2 aromatic rings. The highest BCUT2D eigenvalue weighted by Gasteiger charge is 2.37. The number of nitrogens with one attached hydrogen (secondary N) is 1. The Bertz CT molecular complexity index is 851. The van der Waals surface area contributed by atoms with Gasteiger partial charge >= 0.3 is 6.09 Å². The second-order valence-corrected chi connectivity index (χ2v) is 7.67. The zero-order valence-electron chi connectivity index (χ0n) is 17.2. The predicted molar refractivity (Wildman–Crippen MR) is 112 cm³/mol. The molecule has 29 heavy (non-hydrogen) atoms. The quantitative estimate of drug-likeness (QED) is 0.733. The van der Waals surface area contributed by atoms with Crippen LogP contribution in [0.4, 0.5) is 10.5 Å². The first-order valence-corrected chi connectivity index (χ1v) is 9.91. The highest BCUT2D eigenvalue weighted by molar-refractivity contribution is 5.94. The number of cyclic esters (lactones) is 1. The van der Waals surface area contributed by atoms with Gasteiger partial charge in [0.2, 0.25) is 5.91 Å². The van der Waals surface area contributed by atoms with Crippen molar-refractivity contribution in [1.29, 1.82) is 0 Å². The molecule has 154 valence electrons. The van der Waals surface area contributed by atoms with Crippen LogP contribution < -0.4 is 10.1 Å². The molecule has 1 saturated heterocycles. The number of nitrogens with zero attached hydrogens (tertiary/aromatic N) is 1. The first kappa shape index (κ1) is 20.7. The Morgan fingerprint density at radius 1 is 1.21 bits per heavy atom. The van der Waals surface area contributed by atoms with Gasteiger partial charge in [-0.1, -0.05) is 50.2 Å². The van der Waals surface area contributed by atoms with Gasteiger partial charge in [-0.3, -0.25) is 4.79 Å². The van der Waals surface area contributed by atoms with E-state index in [1.54, 1.807) is 7.11 Å². The van der Waals surface area contributed by atoms with Crippen molar-refractivity contribution in [2.24, 2.45) is 5.92 Å². The fraction of sp³-hybridized carbons (Fsp3) is 0.391. The maximum absolute atomic E-state index is 12.9. The molecule has 1 atom stereocenters. The van der Waals surface area contributed by atoms with Crippen LogP contribution in [0.2, 0.25) is 0 Å². The number of benzene rings is 2. The zero-order chi connectivity index (χ0) is 20.8. The summed E-state index contributed by atoms with van der Waals surface area (Å²) < 4.78 is 10.6. The van der Waals surface area contributed by atoms with Gasteiger partial charge in [0.25, 0.3) is 0 Å².